The van der Waals surface area contributed by atoms with Crippen molar-refractivity contribution in [1.29, 1.82) is 0 Å². The summed E-state index contributed by atoms with van der Waals surface area (Å²) in [5.41, 5.74) is 0.753. The molecule has 0 fully saturated rings. The topological polar surface area (TPSA) is 17.1 Å². The van der Waals surface area contributed by atoms with Crippen LogP contribution in [0.4, 0.5) is 0 Å². The van der Waals surface area contributed by atoms with E-state index in [1.165, 1.54) is 0 Å². The Morgan fingerprint density at radius 1 is 0.870 bits per heavy atom. The molecule has 0 N–H and O–H groups in total. The quantitative estimate of drug-likeness (QED) is 0.322. The van der Waals surface area contributed by atoms with E-state index in [9.17, 15) is 4.79 Å². The van der Waals surface area contributed by atoms with E-state index in [0.29, 0.717) is 0 Å². The molecule has 0 aromatic heterocycles. The number of hydrogen-bond acceptors (Lipinski definition) is 3. The highest BCUT2D eigenvalue weighted by molar-refractivity contribution is 8.22. The highest BCUT2D eigenvalue weighted by Crippen LogP contribution is 2.33. The van der Waals surface area contributed by atoms with Crippen LogP contribution in [0.25, 0.3) is 10.8 Å². The van der Waals surface area contributed by atoms with Crippen molar-refractivity contribution in [3.63, 3.8) is 0 Å². The summed E-state index contributed by atoms with van der Waals surface area (Å²) in [7, 11) is 0. The molecule has 0 heterocycles. The Labute approximate surface area is 144 Å². The first-order chi connectivity index (χ1) is 11.3. The Bertz CT molecular complexity index is 848. The van der Waals surface area contributed by atoms with Crippen molar-refractivity contribution in [2.45, 2.75) is 4.90 Å². The van der Waals surface area contributed by atoms with Gasteiger partial charge < -0.3 is 0 Å². The molecule has 114 valence electrons. The zero-order chi connectivity index (χ0) is 16.1. The van der Waals surface area contributed by atoms with E-state index in [2.05, 4.69) is 12.1 Å². The normalized spacial score (nSPS) is 11.6. The van der Waals surface area contributed by atoms with Crippen LogP contribution in [0.3, 0.4) is 0 Å². The molecule has 0 aliphatic heterocycles. The monoisotopic (exact) mass is 336 g/mol. The molecule has 3 aromatic carbocycles. The summed E-state index contributed by atoms with van der Waals surface area (Å²) < 4.78 is 0.995. The number of carbonyl (C=O) groups is 1. The number of fused-ring (bicyclic) bond motifs is 1. The molecule has 0 atom stereocenters. The van der Waals surface area contributed by atoms with Crippen LogP contribution in [0.2, 0.25) is 0 Å². The highest BCUT2D eigenvalue weighted by Gasteiger charge is 2.09. The van der Waals surface area contributed by atoms with Gasteiger partial charge >= 0.3 is 0 Å². The van der Waals surface area contributed by atoms with Gasteiger partial charge in [0.15, 0.2) is 5.78 Å². The summed E-state index contributed by atoms with van der Waals surface area (Å²) in [5.74, 6) is 0.0505. The largest absolute Gasteiger partial charge is 0.289 e. The van der Waals surface area contributed by atoms with E-state index in [-0.39, 0.29) is 5.78 Å². The lowest BCUT2D eigenvalue weighted by atomic mass is 10.0. The molecule has 0 unspecified atom stereocenters. The zero-order valence-electron chi connectivity index (χ0n) is 12.7. The van der Waals surface area contributed by atoms with Crippen LogP contribution in [0.5, 0.6) is 0 Å². The summed E-state index contributed by atoms with van der Waals surface area (Å²) in [4.78, 5) is 13.9. The van der Waals surface area contributed by atoms with Crippen molar-refractivity contribution in [2.24, 2.45) is 0 Å². The summed E-state index contributed by atoms with van der Waals surface area (Å²) in [6.07, 6.45) is 3.74. The van der Waals surface area contributed by atoms with Crippen LogP contribution in [-0.4, -0.2) is 12.0 Å². The second kappa shape index (κ2) is 7.53. The van der Waals surface area contributed by atoms with Crippen molar-refractivity contribution in [1.82, 2.24) is 0 Å². The smallest absolute Gasteiger partial charge is 0.188 e. The van der Waals surface area contributed by atoms with Gasteiger partial charge in [0.1, 0.15) is 0 Å². The van der Waals surface area contributed by atoms with Crippen molar-refractivity contribution in [3.05, 3.63) is 88.7 Å². The van der Waals surface area contributed by atoms with E-state index in [1.807, 2.05) is 66.9 Å². The van der Waals surface area contributed by atoms with Crippen LogP contribution in [0, 0.1) is 0 Å². The van der Waals surface area contributed by atoms with E-state index < -0.39 is 0 Å². The third-order valence-corrected chi connectivity index (χ3v) is 5.56. The lowest BCUT2D eigenvalue weighted by Gasteiger charge is -2.06. The van der Waals surface area contributed by atoms with Crippen LogP contribution >= 0.6 is 23.5 Å². The number of rotatable bonds is 5. The van der Waals surface area contributed by atoms with Gasteiger partial charge in [0.2, 0.25) is 0 Å². The Kier molecular flexibility index (Phi) is 5.21. The molecule has 0 radical (unpaired) electrons. The fraction of sp³-hybridized carbons (Fsp3) is 0.0500. The summed E-state index contributed by atoms with van der Waals surface area (Å²) in [6.45, 7) is 0. The molecule has 0 spiro atoms. The summed E-state index contributed by atoms with van der Waals surface area (Å²) in [6, 6.07) is 24.0. The Balaban J connectivity index is 1.91. The Hall–Kier alpha value is -1.97. The fourth-order valence-corrected chi connectivity index (χ4v) is 3.90. The van der Waals surface area contributed by atoms with Crippen molar-refractivity contribution in [2.75, 3.05) is 6.26 Å². The molecule has 3 heteroatoms. The van der Waals surface area contributed by atoms with E-state index in [4.69, 9.17) is 0 Å². The highest BCUT2D eigenvalue weighted by atomic mass is 32.2. The Morgan fingerprint density at radius 3 is 2.35 bits per heavy atom. The molecule has 0 saturated carbocycles. The van der Waals surface area contributed by atoms with Gasteiger partial charge in [-0.15, -0.1) is 11.8 Å². The first-order valence-electron chi connectivity index (χ1n) is 7.28. The molecule has 3 aromatic rings. The Morgan fingerprint density at radius 2 is 1.57 bits per heavy atom. The van der Waals surface area contributed by atoms with E-state index >= 15 is 0 Å². The van der Waals surface area contributed by atoms with Crippen LogP contribution in [0.15, 0.2) is 88.0 Å². The second-order valence-electron chi connectivity index (χ2n) is 4.97. The molecule has 3 rings (SSSR count). The third-order valence-electron chi connectivity index (χ3n) is 3.47. The second-order valence-corrected chi connectivity index (χ2v) is 7.20. The third kappa shape index (κ3) is 3.87. The van der Waals surface area contributed by atoms with Gasteiger partial charge in [0.05, 0.1) is 0 Å². The maximum absolute atomic E-state index is 12.7. The minimum Gasteiger partial charge on any atom is -0.289 e. The molecular formula is C20H16OS2. The first-order valence-corrected chi connectivity index (χ1v) is 9.33. The van der Waals surface area contributed by atoms with Gasteiger partial charge in [0, 0.05) is 20.8 Å². The molecule has 23 heavy (non-hydrogen) atoms. The van der Waals surface area contributed by atoms with Gasteiger partial charge in [-0.2, -0.15) is 0 Å². The zero-order valence-corrected chi connectivity index (χ0v) is 14.4. The molecule has 0 bridgehead atoms. The van der Waals surface area contributed by atoms with Crippen LogP contribution < -0.4 is 0 Å². The maximum Gasteiger partial charge on any atom is 0.188 e. The average Bonchev–Trinajstić information content (AvgIpc) is 2.61. The predicted molar refractivity (Wildman–Crippen MR) is 102 cm³/mol. The minimum absolute atomic E-state index is 0.0505. The van der Waals surface area contributed by atoms with Crippen molar-refractivity contribution >= 4 is 40.1 Å². The number of thioether (sulfide) groups is 2. The summed E-state index contributed by atoms with van der Waals surface area (Å²) >= 11 is 3.22. The van der Waals surface area contributed by atoms with Crippen LogP contribution in [0.1, 0.15) is 10.4 Å². The molecule has 0 saturated heterocycles. The standard InChI is InChI=1S/C20H16OS2/c1-22-20(23-16-10-3-2-4-11-16)14-19(21)18-13-7-9-15-8-5-6-12-17(15)18/h2-14H,1H3/b20-14+. The van der Waals surface area contributed by atoms with Crippen molar-refractivity contribution in [3.8, 4) is 0 Å². The number of benzene rings is 3. The van der Waals surface area contributed by atoms with Gasteiger partial charge in [-0.05, 0) is 29.2 Å². The van der Waals surface area contributed by atoms with E-state index in [0.717, 1.165) is 25.5 Å². The predicted octanol–water partition coefficient (Wildman–Crippen LogP) is 6.02. The lowest BCUT2D eigenvalue weighted by Crippen LogP contribution is -1.96. The van der Waals surface area contributed by atoms with Gasteiger partial charge in [-0.1, -0.05) is 72.4 Å². The lowest BCUT2D eigenvalue weighted by molar-refractivity contribution is 0.104. The number of hydrogen-bond donors (Lipinski definition) is 0. The SMILES string of the molecule is CS/C(=C\C(=O)c1cccc2ccccc12)Sc1ccccc1. The molecule has 0 aliphatic rings. The molecule has 1 nitrogen and oxygen atoms in total. The van der Waals surface area contributed by atoms with Gasteiger partial charge in [-0.25, -0.2) is 0 Å². The van der Waals surface area contributed by atoms with Gasteiger partial charge in [0.25, 0.3) is 0 Å². The van der Waals surface area contributed by atoms with E-state index in [1.54, 1.807) is 29.6 Å². The first kappa shape index (κ1) is 15.9. The number of allylic oxidation sites excluding steroid dienone is 1. The summed E-state index contributed by atoms with van der Waals surface area (Å²) in [5, 5.41) is 2.09. The number of ketones is 1. The molecule has 0 aliphatic carbocycles. The van der Waals surface area contributed by atoms with Gasteiger partial charge in [-0.3, -0.25) is 4.79 Å². The average molecular weight is 336 g/mol. The van der Waals surface area contributed by atoms with Crippen molar-refractivity contribution < 1.29 is 4.79 Å². The number of carbonyl (C=O) groups excluding carboxylic acids is 1. The van der Waals surface area contributed by atoms with Crippen LogP contribution in [-0.2, 0) is 0 Å². The molecular weight excluding hydrogens is 320 g/mol. The molecule has 0 amide bonds. The maximum atomic E-state index is 12.7. The fourth-order valence-electron chi connectivity index (χ4n) is 2.36. The minimum atomic E-state index is 0.0505.